The van der Waals surface area contributed by atoms with Crippen molar-refractivity contribution >= 4 is 11.9 Å². The zero-order valence-corrected chi connectivity index (χ0v) is 4.40. The highest BCUT2D eigenvalue weighted by Crippen LogP contribution is 1.77. The molecule has 0 amide bonds. The summed E-state index contributed by atoms with van der Waals surface area (Å²) < 4.78 is 0. The summed E-state index contributed by atoms with van der Waals surface area (Å²) in [4.78, 5) is 19.2. The first kappa shape index (κ1) is 7.55. The molecule has 0 bridgehead atoms. The van der Waals surface area contributed by atoms with E-state index >= 15 is 0 Å². The largest absolute Gasteiger partial charge is 0.527 e. The Kier molecular flexibility index (Phi) is 2.97. The minimum atomic E-state index is -1.41. The normalized spacial score (nSPS) is 9.33. The van der Waals surface area contributed by atoms with E-state index in [0.717, 1.165) is 6.08 Å². The predicted octanol–water partition coefficient (Wildman–Crippen LogP) is -1.42. The van der Waals surface area contributed by atoms with Gasteiger partial charge in [-0.05, 0) is 0 Å². The van der Waals surface area contributed by atoms with Crippen LogP contribution in [0.15, 0.2) is 12.2 Å². The molecule has 1 N–H and O–H groups in total. The van der Waals surface area contributed by atoms with Crippen LogP contribution < -0.4 is 5.11 Å². The van der Waals surface area contributed by atoms with E-state index in [-0.39, 0.29) is 0 Å². The number of rotatable bonds is 3. The average Bonchev–Trinajstić information content (AvgIpc) is 1.63. The van der Waals surface area contributed by atoms with Gasteiger partial charge in [0.05, 0.1) is 6.42 Å². The van der Waals surface area contributed by atoms with Crippen LogP contribution in [0.5, 0.6) is 0 Å². The van der Waals surface area contributed by atoms with Crippen molar-refractivity contribution in [2.24, 2.45) is 0 Å². The summed E-state index contributed by atoms with van der Waals surface area (Å²) in [6.45, 7) is 0. The number of carbonyl (C=O) groups excluding carboxylic acids is 1. The molecule has 0 aromatic rings. The van der Waals surface area contributed by atoms with E-state index < -0.39 is 11.9 Å². The van der Waals surface area contributed by atoms with Crippen molar-refractivity contribution in [2.75, 3.05) is 0 Å². The van der Waals surface area contributed by atoms with E-state index in [1.54, 1.807) is 0 Å². The topological polar surface area (TPSA) is 77.4 Å². The third-order valence-corrected chi connectivity index (χ3v) is 0.471. The molecule has 4 nitrogen and oxygen atoms in total. The van der Waals surface area contributed by atoms with Crippen LogP contribution in [0.25, 0.3) is 0 Å². The molecule has 0 aromatic heterocycles. The molecule has 0 aliphatic carbocycles. The Morgan fingerprint density at radius 3 is 2.44 bits per heavy atom. The molecule has 0 radical (unpaired) electrons. The van der Waals surface area contributed by atoms with E-state index in [4.69, 9.17) is 5.11 Å². The van der Waals surface area contributed by atoms with Crippen molar-refractivity contribution in [3.05, 3.63) is 18.6 Å². The lowest BCUT2D eigenvalue weighted by Gasteiger charge is -1.82. The van der Waals surface area contributed by atoms with Crippen LogP contribution in [-0.4, -0.2) is 17.0 Å². The van der Waals surface area contributed by atoms with Gasteiger partial charge in [0.2, 0.25) is 0 Å². The lowest BCUT2D eigenvalue weighted by atomic mass is 10.4. The average molecular weight is 128 g/mol. The molecular weight excluding hydrogens is 124 g/mol. The predicted molar refractivity (Wildman–Crippen MR) is 26.1 cm³/mol. The SMILES string of the molecule is O=C(O)C=C[CH+]C(=O)[O-]. The molecule has 0 saturated heterocycles. The van der Waals surface area contributed by atoms with Gasteiger partial charge in [-0.2, -0.15) is 0 Å². The summed E-state index contributed by atoms with van der Waals surface area (Å²) in [5, 5.41) is 17.5. The van der Waals surface area contributed by atoms with Crippen LogP contribution in [0.2, 0.25) is 0 Å². The van der Waals surface area contributed by atoms with Crippen molar-refractivity contribution in [3.8, 4) is 0 Å². The van der Waals surface area contributed by atoms with E-state index in [0.29, 0.717) is 12.5 Å². The van der Waals surface area contributed by atoms with Gasteiger partial charge in [-0.1, -0.05) is 0 Å². The van der Waals surface area contributed by atoms with Crippen molar-refractivity contribution in [2.45, 2.75) is 0 Å². The molecule has 0 fully saturated rings. The van der Waals surface area contributed by atoms with Gasteiger partial charge in [-0.15, -0.1) is 0 Å². The first-order chi connectivity index (χ1) is 4.13. The molecule has 0 aliphatic heterocycles. The summed E-state index contributed by atoms with van der Waals surface area (Å²) >= 11 is 0. The van der Waals surface area contributed by atoms with Gasteiger partial charge in [0.1, 0.15) is 6.08 Å². The molecule has 0 saturated carbocycles. The first-order valence-corrected chi connectivity index (χ1v) is 2.08. The number of aliphatic carboxylic acids is 2. The van der Waals surface area contributed by atoms with Crippen molar-refractivity contribution in [3.63, 3.8) is 0 Å². The summed E-state index contributed by atoms with van der Waals surface area (Å²) in [6, 6.07) is 0. The van der Waals surface area contributed by atoms with Crippen LogP contribution in [0.4, 0.5) is 0 Å². The fraction of sp³-hybridized carbons (Fsp3) is 0. The maximum Gasteiger partial charge on any atom is 0.413 e. The summed E-state index contributed by atoms with van der Waals surface area (Å²) in [5.74, 6) is -2.60. The molecule has 0 rings (SSSR count). The molecule has 0 spiro atoms. The smallest absolute Gasteiger partial charge is 0.413 e. The van der Waals surface area contributed by atoms with Gasteiger partial charge in [-0.3, -0.25) is 0 Å². The van der Waals surface area contributed by atoms with E-state index in [9.17, 15) is 14.7 Å². The Morgan fingerprint density at radius 2 is 2.11 bits per heavy atom. The molecule has 0 aliphatic rings. The van der Waals surface area contributed by atoms with Gasteiger partial charge in [0, 0.05) is 0 Å². The van der Waals surface area contributed by atoms with Gasteiger partial charge >= 0.3 is 5.97 Å². The number of carboxylic acids is 2. The molecule has 0 heterocycles. The third-order valence-electron chi connectivity index (χ3n) is 0.471. The Labute approximate surface area is 51.4 Å². The monoisotopic (exact) mass is 128 g/mol. The van der Waals surface area contributed by atoms with Crippen molar-refractivity contribution in [1.29, 1.82) is 0 Å². The maximum atomic E-state index is 9.66. The zero-order chi connectivity index (χ0) is 7.28. The number of carbonyl (C=O) groups is 2. The molecule has 0 atom stereocenters. The molecule has 0 aromatic carbocycles. The second-order valence-corrected chi connectivity index (χ2v) is 1.18. The molecular formula is C5H4O4. The lowest BCUT2D eigenvalue weighted by Crippen LogP contribution is -2.21. The first-order valence-electron chi connectivity index (χ1n) is 2.08. The Balaban J connectivity index is 3.48. The Hall–Kier alpha value is -1.45. The van der Waals surface area contributed by atoms with Gasteiger partial charge < -0.3 is 15.0 Å². The number of hydrogen-bond acceptors (Lipinski definition) is 3. The van der Waals surface area contributed by atoms with Crippen LogP contribution >= 0.6 is 0 Å². The van der Waals surface area contributed by atoms with Gasteiger partial charge in [0.25, 0.3) is 0 Å². The number of carboxylic acid groups (broad SMARTS) is 2. The Morgan fingerprint density at radius 1 is 1.56 bits per heavy atom. The summed E-state index contributed by atoms with van der Waals surface area (Å²) in [5.41, 5.74) is 0. The zero-order valence-electron chi connectivity index (χ0n) is 4.40. The number of hydrogen-bond donors (Lipinski definition) is 1. The van der Waals surface area contributed by atoms with E-state index in [1.165, 1.54) is 0 Å². The lowest BCUT2D eigenvalue weighted by molar-refractivity contribution is -0.299. The fourth-order valence-corrected chi connectivity index (χ4v) is 0.209. The summed E-state index contributed by atoms with van der Waals surface area (Å²) in [6.07, 6.45) is 2.22. The van der Waals surface area contributed by atoms with Crippen LogP contribution in [0, 0.1) is 6.42 Å². The highest BCUT2D eigenvalue weighted by molar-refractivity contribution is 5.83. The summed E-state index contributed by atoms with van der Waals surface area (Å²) in [7, 11) is 0. The van der Waals surface area contributed by atoms with Crippen LogP contribution in [0.1, 0.15) is 0 Å². The van der Waals surface area contributed by atoms with Crippen LogP contribution in [0.3, 0.4) is 0 Å². The second-order valence-electron chi connectivity index (χ2n) is 1.18. The van der Waals surface area contributed by atoms with Crippen LogP contribution in [-0.2, 0) is 9.59 Å². The van der Waals surface area contributed by atoms with Crippen molar-refractivity contribution < 1.29 is 19.8 Å². The maximum absolute atomic E-state index is 9.66. The minimum absolute atomic E-state index is 0.633. The third kappa shape index (κ3) is 6.55. The van der Waals surface area contributed by atoms with Gasteiger partial charge in [-0.25, -0.2) is 4.79 Å². The van der Waals surface area contributed by atoms with E-state index in [1.807, 2.05) is 0 Å². The molecule has 9 heavy (non-hydrogen) atoms. The highest BCUT2D eigenvalue weighted by Gasteiger charge is 1.93. The quantitative estimate of drug-likeness (QED) is 0.374. The molecule has 0 unspecified atom stereocenters. The van der Waals surface area contributed by atoms with Gasteiger partial charge in [0.15, 0.2) is 12.0 Å². The second kappa shape index (κ2) is 3.54. The highest BCUT2D eigenvalue weighted by atomic mass is 16.4. The van der Waals surface area contributed by atoms with Crippen molar-refractivity contribution in [1.82, 2.24) is 0 Å². The Bertz CT molecular complexity index is 147. The van der Waals surface area contributed by atoms with E-state index in [2.05, 4.69) is 0 Å². The fourth-order valence-electron chi connectivity index (χ4n) is 0.209. The standard InChI is InChI=1S/C5H4O4/c6-4(7)2-1-3-5(8)9/h1-3H,(H-,6,7,8,9). The minimum Gasteiger partial charge on any atom is -0.527 e. The molecule has 48 valence electrons. The molecule has 4 heteroatoms.